The topological polar surface area (TPSA) is 125 Å². The lowest BCUT2D eigenvalue weighted by Crippen LogP contribution is -2.58. The lowest BCUT2D eigenvalue weighted by molar-refractivity contribution is -0.156. The quantitative estimate of drug-likeness (QED) is 0.300. The van der Waals surface area contributed by atoms with Gasteiger partial charge in [-0.15, -0.1) is 0 Å². The third-order valence-corrected chi connectivity index (χ3v) is 12.5. The molecule has 0 spiro atoms. The third kappa shape index (κ3) is 14.5. The number of halogens is 3. The smallest absolute Gasteiger partial charge is 0.444 e. The number of amides is 3. The highest BCUT2D eigenvalue weighted by molar-refractivity contribution is 5.83. The monoisotopic (exact) mass is 856 g/mol. The number of aldehydes is 1. The zero-order valence-corrected chi connectivity index (χ0v) is 36.9. The number of hydrogen-bond donors (Lipinski definition) is 1. The van der Waals surface area contributed by atoms with Crippen LogP contribution in [0.5, 0.6) is 0 Å². The van der Waals surface area contributed by atoms with Gasteiger partial charge in [-0.2, -0.15) is 13.2 Å². The highest BCUT2D eigenvalue weighted by atomic mass is 19.4. The van der Waals surface area contributed by atoms with Gasteiger partial charge in [0.2, 0.25) is 18.1 Å². The Morgan fingerprint density at radius 3 is 1.52 bits per heavy atom. The molecular weight excluding hydrogens is 786 g/mol. The van der Waals surface area contributed by atoms with Crippen molar-refractivity contribution in [2.45, 2.75) is 136 Å². The molecule has 0 aromatic carbocycles. The van der Waals surface area contributed by atoms with Crippen LogP contribution in [-0.2, 0) is 57.6 Å². The molecule has 2 aromatic rings. The SMILES string of the molecule is CC(C)(C)OC(=O)N1CC(C(=O)N2CCC(Cc3ccc4c(n3)CCCC4)CC2)C1.O=C(C1CNC1)N1CCC(Cc2ccc3c(n2)CCCC3)CC1.O=CC(F)(F)F.[2H]CC. The minimum atomic E-state index is -4.64. The molecule has 6 aliphatic rings. The normalized spacial score (nSPS) is 20.0. The van der Waals surface area contributed by atoms with E-state index in [1.807, 2.05) is 25.7 Å². The first-order valence-electron chi connectivity index (χ1n) is 23.3. The van der Waals surface area contributed by atoms with Gasteiger partial charge in [0.25, 0.3) is 0 Å². The standard InChI is InChI=1S/C24H35N3O3.C19H27N3O.C2HF3O.C2H6/c1-24(2,3)30-23(29)27-15-19(16-27)22(28)26-12-10-17(11-13-26)14-20-9-8-18-6-4-5-7-21(18)25-20;23-19(16-12-20-13-16)22-9-7-14(8-10-22)11-17-6-5-15-3-1-2-4-18(15)21-17;3-2(4,5)1-6;1-2/h8-9,17,19H,4-7,10-16H2,1-3H3;5-6,14,16,20H,1-4,7-13H2;1H;1-2H3/i;;;1D. The fourth-order valence-electron chi connectivity index (χ4n) is 8.88. The largest absolute Gasteiger partial charge is 0.446 e. The fraction of sp³-hybridized carbons (Fsp3) is 0.702. The first-order chi connectivity index (χ1) is 29.5. The molecule has 1 N–H and O–H groups in total. The molecule has 0 radical (unpaired) electrons. The van der Waals surface area contributed by atoms with Crippen LogP contribution < -0.4 is 5.32 Å². The van der Waals surface area contributed by atoms with Crippen molar-refractivity contribution in [3.8, 4) is 0 Å². The van der Waals surface area contributed by atoms with Gasteiger partial charge in [-0.05, 0) is 146 Å². The Morgan fingerprint density at radius 1 is 0.738 bits per heavy atom. The number of likely N-dealkylation sites (tertiary alicyclic amines) is 3. The van der Waals surface area contributed by atoms with Gasteiger partial charge in [-0.1, -0.05) is 26.0 Å². The second-order valence-corrected chi connectivity index (χ2v) is 18.3. The molecule has 4 fully saturated rings. The highest BCUT2D eigenvalue weighted by Crippen LogP contribution is 2.28. The van der Waals surface area contributed by atoms with E-state index in [-0.39, 0.29) is 23.8 Å². The Morgan fingerprint density at radius 2 is 1.15 bits per heavy atom. The van der Waals surface area contributed by atoms with E-state index in [4.69, 9.17) is 20.9 Å². The average molecular weight is 856 g/mol. The maximum Gasteiger partial charge on any atom is 0.446 e. The van der Waals surface area contributed by atoms with Crippen LogP contribution in [0.3, 0.4) is 0 Å². The minimum Gasteiger partial charge on any atom is -0.444 e. The molecule has 8 rings (SSSR count). The molecule has 0 unspecified atom stereocenters. The van der Waals surface area contributed by atoms with Gasteiger partial charge in [0.15, 0.2) is 0 Å². The van der Waals surface area contributed by atoms with E-state index >= 15 is 0 Å². The molecule has 61 heavy (non-hydrogen) atoms. The molecular formula is C47H69F3N6O5. The number of piperidine rings is 2. The summed E-state index contributed by atoms with van der Waals surface area (Å²) in [5.74, 6) is 2.02. The molecule has 0 bridgehead atoms. The number of carbonyl (C=O) groups is 4. The van der Waals surface area contributed by atoms with Crippen molar-refractivity contribution in [3.05, 3.63) is 58.2 Å². The Kier molecular flexibility index (Phi) is 17.0. The van der Waals surface area contributed by atoms with Crippen LogP contribution in [0.4, 0.5) is 18.0 Å². The number of rotatable bonds is 6. The fourth-order valence-corrected chi connectivity index (χ4v) is 8.88. The number of carbonyl (C=O) groups excluding carboxylic acids is 4. The number of alkyl halides is 3. The van der Waals surface area contributed by atoms with Gasteiger partial charge in [-0.25, -0.2) is 4.79 Å². The van der Waals surface area contributed by atoms with Crippen molar-refractivity contribution in [1.29, 1.82) is 0 Å². The van der Waals surface area contributed by atoms with E-state index in [2.05, 4.69) is 34.5 Å². The first kappa shape index (κ1) is 46.4. The lowest BCUT2D eigenvalue weighted by Gasteiger charge is -2.42. The predicted octanol–water partition coefficient (Wildman–Crippen LogP) is 7.34. The Bertz CT molecular complexity index is 1780. The number of fused-ring (bicyclic) bond motifs is 2. The summed E-state index contributed by atoms with van der Waals surface area (Å²) in [5, 5.41) is 3.19. The summed E-state index contributed by atoms with van der Waals surface area (Å²) in [6, 6.07) is 9.03. The van der Waals surface area contributed by atoms with Crippen molar-refractivity contribution in [3.63, 3.8) is 0 Å². The molecule has 11 nitrogen and oxygen atoms in total. The van der Waals surface area contributed by atoms with Crippen LogP contribution in [0.1, 0.15) is 121 Å². The van der Waals surface area contributed by atoms with E-state index in [9.17, 15) is 27.6 Å². The van der Waals surface area contributed by atoms with Gasteiger partial charge in [0.05, 0.1) is 11.8 Å². The molecule has 14 heteroatoms. The van der Waals surface area contributed by atoms with Crippen LogP contribution in [0, 0.1) is 23.7 Å². The minimum absolute atomic E-state index is 0.0728. The van der Waals surface area contributed by atoms with Gasteiger partial charge in [-0.3, -0.25) is 24.4 Å². The number of aryl methyl sites for hydroxylation is 4. The van der Waals surface area contributed by atoms with Crippen molar-refractivity contribution in [1.82, 2.24) is 30.0 Å². The van der Waals surface area contributed by atoms with Gasteiger partial charge < -0.3 is 24.8 Å². The number of pyridine rings is 2. The van der Waals surface area contributed by atoms with Crippen LogP contribution in [0.25, 0.3) is 0 Å². The number of nitrogens with zero attached hydrogens (tertiary/aromatic N) is 5. The van der Waals surface area contributed by atoms with E-state index in [0.717, 1.165) is 90.6 Å². The zero-order valence-electron chi connectivity index (χ0n) is 37.9. The van der Waals surface area contributed by atoms with Crippen molar-refractivity contribution in [2.24, 2.45) is 23.7 Å². The predicted molar refractivity (Wildman–Crippen MR) is 229 cm³/mol. The van der Waals surface area contributed by atoms with Crippen molar-refractivity contribution >= 4 is 24.2 Å². The number of nitrogens with one attached hydrogen (secondary N) is 1. The highest BCUT2D eigenvalue weighted by Gasteiger charge is 2.40. The summed E-state index contributed by atoms with van der Waals surface area (Å²) in [6.07, 6.45) is 10.2. The summed E-state index contributed by atoms with van der Waals surface area (Å²) in [4.78, 5) is 61.4. The van der Waals surface area contributed by atoms with Gasteiger partial charge >= 0.3 is 12.3 Å². The van der Waals surface area contributed by atoms with Crippen molar-refractivity contribution in [2.75, 3.05) is 52.4 Å². The maximum absolute atomic E-state index is 12.8. The van der Waals surface area contributed by atoms with Crippen LogP contribution in [0.2, 0.25) is 0 Å². The lowest BCUT2D eigenvalue weighted by atomic mass is 9.89. The second-order valence-electron chi connectivity index (χ2n) is 18.3. The van der Waals surface area contributed by atoms with E-state index in [0.29, 0.717) is 37.7 Å². The molecule has 3 amide bonds. The van der Waals surface area contributed by atoms with Crippen LogP contribution >= 0.6 is 0 Å². The molecule has 2 aliphatic carbocycles. The number of hydrogen-bond acceptors (Lipinski definition) is 8. The summed E-state index contributed by atoms with van der Waals surface area (Å²) in [5.41, 5.74) is 7.54. The maximum atomic E-state index is 12.8. The van der Waals surface area contributed by atoms with Crippen LogP contribution in [-0.4, -0.2) is 113 Å². The summed E-state index contributed by atoms with van der Waals surface area (Å²) in [7, 11) is 0. The Hall–Kier alpha value is -4.07. The van der Waals surface area contributed by atoms with E-state index in [1.165, 1.54) is 72.4 Å². The molecule has 0 saturated carbocycles. The third-order valence-electron chi connectivity index (χ3n) is 12.5. The second kappa shape index (κ2) is 22.3. The van der Waals surface area contributed by atoms with E-state index < -0.39 is 18.1 Å². The molecule has 4 saturated heterocycles. The van der Waals surface area contributed by atoms with Gasteiger partial charge in [0, 0.05) is 76.5 Å². The molecule has 0 atom stereocenters. The molecule has 6 heterocycles. The van der Waals surface area contributed by atoms with Crippen molar-refractivity contribution < 1.29 is 38.5 Å². The van der Waals surface area contributed by atoms with Crippen LogP contribution in [0.15, 0.2) is 24.3 Å². The number of aromatic nitrogens is 2. The van der Waals surface area contributed by atoms with E-state index in [1.54, 1.807) is 11.8 Å². The molecule has 2 aromatic heterocycles. The average Bonchev–Trinajstić information content (AvgIpc) is 3.20. The Labute approximate surface area is 362 Å². The van der Waals surface area contributed by atoms with Gasteiger partial charge in [0.1, 0.15) is 5.60 Å². The Balaban J connectivity index is 0.000000200. The molecule has 338 valence electrons. The number of ether oxygens (including phenoxy) is 1. The first-order valence-corrected chi connectivity index (χ1v) is 22.6. The molecule has 4 aliphatic heterocycles. The summed E-state index contributed by atoms with van der Waals surface area (Å²) >= 11 is 0. The zero-order chi connectivity index (χ0) is 44.9. The summed E-state index contributed by atoms with van der Waals surface area (Å²) < 4.78 is 42.8. The summed E-state index contributed by atoms with van der Waals surface area (Å²) in [6.45, 7) is 14.1.